The van der Waals surface area contributed by atoms with Crippen molar-refractivity contribution in [2.45, 2.75) is 29.8 Å². The third-order valence-corrected chi connectivity index (χ3v) is 7.97. The lowest BCUT2D eigenvalue weighted by Crippen LogP contribution is -2.45. The van der Waals surface area contributed by atoms with E-state index in [1.165, 1.54) is 30.3 Å². The molecule has 1 saturated heterocycles. The van der Waals surface area contributed by atoms with Crippen LogP contribution in [0.5, 0.6) is 0 Å². The minimum Gasteiger partial charge on any atom is -0.369 e. The Labute approximate surface area is 209 Å². The van der Waals surface area contributed by atoms with E-state index >= 15 is 0 Å². The second kappa shape index (κ2) is 9.82. The Bertz CT molecular complexity index is 1290. The minimum atomic E-state index is -4.41. The molecule has 0 spiro atoms. The molecule has 190 valence electrons. The van der Waals surface area contributed by atoms with E-state index in [0.29, 0.717) is 23.7 Å². The number of nitrogens with one attached hydrogen (secondary N) is 1. The second-order valence-electron chi connectivity index (χ2n) is 9.23. The highest BCUT2D eigenvalue weighted by atomic mass is 32.2. The summed E-state index contributed by atoms with van der Waals surface area (Å²) in [6.07, 6.45) is -2.92. The van der Waals surface area contributed by atoms with Gasteiger partial charge in [0.2, 0.25) is 5.95 Å². The highest BCUT2D eigenvalue weighted by molar-refractivity contribution is 7.86. The van der Waals surface area contributed by atoms with E-state index in [4.69, 9.17) is 0 Å². The molecule has 2 aromatic carbocycles. The fraction of sp³-hybridized carbons (Fsp3) is 0.346. The van der Waals surface area contributed by atoms with Crippen LogP contribution in [0.15, 0.2) is 59.5 Å². The zero-order valence-corrected chi connectivity index (χ0v) is 20.5. The van der Waals surface area contributed by atoms with Crippen LogP contribution in [-0.2, 0) is 23.6 Å². The van der Waals surface area contributed by atoms with Crippen LogP contribution < -0.4 is 9.62 Å². The van der Waals surface area contributed by atoms with Gasteiger partial charge < -0.3 is 9.80 Å². The molecule has 0 bridgehead atoms. The quantitative estimate of drug-likeness (QED) is 0.373. The average Bonchev–Trinajstić information content (AvgIpc) is 3.27. The Morgan fingerprint density at radius 2 is 1.75 bits per heavy atom. The summed E-state index contributed by atoms with van der Waals surface area (Å²) in [6, 6.07) is 13.8. The SMILES string of the molecule is CN1CCN(c2cc(C(F)(F)F)ccc2C2CCc3cc(S(=O)Nc4cccc(F)n4)ccc32)CC1. The number of hydrogen-bond donors (Lipinski definition) is 1. The Hall–Kier alpha value is -2.98. The highest BCUT2D eigenvalue weighted by Crippen LogP contribution is 2.44. The van der Waals surface area contributed by atoms with Crippen LogP contribution >= 0.6 is 0 Å². The zero-order chi connectivity index (χ0) is 25.4. The van der Waals surface area contributed by atoms with Gasteiger partial charge in [-0.3, -0.25) is 4.72 Å². The van der Waals surface area contributed by atoms with Crippen LogP contribution in [0, 0.1) is 5.95 Å². The zero-order valence-electron chi connectivity index (χ0n) is 19.7. The second-order valence-corrected chi connectivity index (χ2v) is 10.4. The number of nitrogens with zero attached hydrogens (tertiary/aromatic N) is 3. The molecular formula is C26H26F4N4OS. The van der Waals surface area contributed by atoms with Gasteiger partial charge in [-0.15, -0.1) is 0 Å². The summed E-state index contributed by atoms with van der Waals surface area (Å²) >= 11 is 0. The number of halogens is 4. The van der Waals surface area contributed by atoms with E-state index in [9.17, 15) is 21.8 Å². The molecule has 36 heavy (non-hydrogen) atoms. The van der Waals surface area contributed by atoms with Crippen LogP contribution in [0.25, 0.3) is 0 Å². The van der Waals surface area contributed by atoms with Crippen LogP contribution in [0.2, 0.25) is 0 Å². The highest BCUT2D eigenvalue weighted by Gasteiger charge is 2.34. The van der Waals surface area contributed by atoms with Crippen molar-refractivity contribution in [3.8, 4) is 0 Å². The number of benzene rings is 2. The van der Waals surface area contributed by atoms with Crippen molar-refractivity contribution in [2.75, 3.05) is 42.8 Å². The Balaban J connectivity index is 1.44. The third-order valence-electron chi connectivity index (χ3n) is 6.90. The van der Waals surface area contributed by atoms with Crippen LogP contribution in [0.1, 0.15) is 34.6 Å². The molecule has 2 unspecified atom stereocenters. The van der Waals surface area contributed by atoms with Crippen molar-refractivity contribution in [2.24, 2.45) is 0 Å². The number of pyridine rings is 1. The van der Waals surface area contributed by atoms with Gasteiger partial charge in [-0.25, -0.2) is 9.19 Å². The molecule has 0 saturated carbocycles. The molecule has 2 aliphatic rings. The van der Waals surface area contributed by atoms with E-state index in [0.717, 1.165) is 42.6 Å². The largest absolute Gasteiger partial charge is 0.416 e. The van der Waals surface area contributed by atoms with Crippen molar-refractivity contribution in [3.05, 3.63) is 82.8 Å². The lowest BCUT2D eigenvalue weighted by Gasteiger charge is -2.36. The standard InChI is InChI=1S/C26H26F4N4OS/c1-33-11-13-34(14-12-33)23-16-18(26(28,29)30)6-9-22(23)21-8-5-17-15-19(7-10-20(17)21)36(35)32-25-4-2-3-24(27)31-25/h2-4,6-7,9-10,15-16,21H,5,8,11-14H2,1H3,(H,31,32). The van der Waals surface area contributed by atoms with Crippen molar-refractivity contribution < 1.29 is 21.8 Å². The molecule has 2 heterocycles. The molecule has 1 aliphatic heterocycles. The molecule has 0 amide bonds. The van der Waals surface area contributed by atoms with Crippen molar-refractivity contribution >= 4 is 22.5 Å². The summed E-state index contributed by atoms with van der Waals surface area (Å²) in [5.41, 5.74) is 2.95. The first-order chi connectivity index (χ1) is 17.2. The summed E-state index contributed by atoms with van der Waals surface area (Å²) in [5, 5.41) is 0. The van der Waals surface area contributed by atoms with Gasteiger partial charge in [-0.1, -0.05) is 18.2 Å². The number of piperazine rings is 1. The van der Waals surface area contributed by atoms with Gasteiger partial charge in [0.05, 0.1) is 10.5 Å². The summed E-state index contributed by atoms with van der Waals surface area (Å²) < 4.78 is 69.6. The molecule has 5 nitrogen and oxygen atoms in total. The van der Waals surface area contributed by atoms with E-state index in [1.54, 1.807) is 12.1 Å². The van der Waals surface area contributed by atoms with Crippen molar-refractivity contribution in [3.63, 3.8) is 0 Å². The van der Waals surface area contributed by atoms with Gasteiger partial charge in [0.15, 0.2) is 11.0 Å². The van der Waals surface area contributed by atoms with E-state index < -0.39 is 28.7 Å². The molecule has 0 radical (unpaired) electrons. The smallest absolute Gasteiger partial charge is 0.369 e. The maximum atomic E-state index is 13.6. The fourth-order valence-electron chi connectivity index (χ4n) is 4.99. The van der Waals surface area contributed by atoms with Crippen molar-refractivity contribution in [1.29, 1.82) is 0 Å². The third kappa shape index (κ3) is 5.10. The number of aromatic nitrogens is 1. The van der Waals surface area contributed by atoms with Crippen LogP contribution in [0.3, 0.4) is 0 Å². The molecule has 2 atom stereocenters. The topological polar surface area (TPSA) is 48.5 Å². The number of likely N-dealkylation sites (N-methyl/N-ethyl adjacent to an activating group) is 1. The molecule has 1 aliphatic carbocycles. The molecule has 10 heteroatoms. The van der Waals surface area contributed by atoms with Crippen molar-refractivity contribution in [1.82, 2.24) is 9.88 Å². The lowest BCUT2D eigenvalue weighted by atomic mass is 9.90. The summed E-state index contributed by atoms with van der Waals surface area (Å²) in [4.78, 5) is 8.45. The summed E-state index contributed by atoms with van der Waals surface area (Å²) in [6.45, 7) is 2.92. The van der Waals surface area contributed by atoms with E-state index in [2.05, 4.69) is 19.5 Å². The number of rotatable bonds is 5. The predicted molar refractivity (Wildman–Crippen MR) is 132 cm³/mol. The van der Waals surface area contributed by atoms with Gasteiger partial charge in [-0.2, -0.15) is 17.6 Å². The number of anilines is 2. The molecule has 1 aromatic heterocycles. The van der Waals surface area contributed by atoms with E-state index in [-0.39, 0.29) is 11.7 Å². The normalized spacial score (nSPS) is 19.2. The molecule has 1 fully saturated rings. The number of alkyl halides is 3. The number of aryl methyl sites for hydroxylation is 1. The first kappa shape index (κ1) is 24.7. The summed E-state index contributed by atoms with van der Waals surface area (Å²) in [5.74, 6) is -0.535. The average molecular weight is 519 g/mol. The first-order valence-corrected chi connectivity index (χ1v) is 12.9. The molecular weight excluding hydrogens is 492 g/mol. The van der Waals surface area contributed by atoms with Crippen LogP contribution in [0.4, 0.5) is 29.1 Å². The van der Waals surface area contributed by atoms with Gasteiger partial charge in [-0.05, 0) is 73.0 Å². The predicted octanol–water partition coefficient (Wildman–Crippen LogP) is 5.20. The van der Waals surface area contributed by atoms with Gasteiger partial charge in [0, 0.05) is 37.8 Å². The van der Waals surface area contributed by atoms with E-state index in [1.807, 2.05) is 19.2 Å². The monoisotopic (exact) mass is 518 g/mol. The van der Waals surface area contributed by atoms with Gasteiger partial charge in [0.25, 0.3) is 0 Å². The number of hydrogen-bond acceptors (Lipinski definition) is 4. The lowest BCUT2D eigenvalue weighted by molar-refractivity contribution is -0.137. The minimum absolute atomic E-state index is 0.0442. The number of fused-ring (bicyclic) bond motifs is 1. The maximum absolute atomic E-state index is 13.6. The molecule has 3 aromatic rings. The Kier molecular flexibility index (Phi) is 6.74. The molecule has 5 rings (SSSR count). The van der Waals surface area contributed by atoms with Gasteiger partial charge >= 0.3 is 6.18 Å². The Morgan fingerprint density at radius 3 is 2.47 bits per heavy atom. The Morgan fingerprint density at radius 1 is 1.00 bits per heavy atom. The van der Waals surface area contributed by atoms with Crippen LogP contribution in [-0.4, -0.2) is 47.3 Å². The maximum Gasteiger partial charge on any atom is 0.416 e. The summed E-state index contributed by atoms with van der Waals surface area (Å²) in [7, 11) is 0.380. The van der Waals surface area contributed by atoms with Gasteiger partial charge in [0.1, 0.15) is 5.82 Å². The fourth-order valence-corrected chi connectivity index (χ4v) is 5.85. The first-order valence-electron chi connectivity index (χ1n) is 11.8. The molecule has 1 N–H and O–H groups in total.